The van der Waals surface area contributed by atoms with Gasteiger partial charge in [0.2, 0.25) is 0 Å². The van der Waals surface area contributed by atoms with E-state index < -0.39 is 23.3 Å². The van der Waals surface area contributed by atoms with Crippen molar-refractivity contribution in [1.82, 2.24) is 15.2 Å². The largest absolute Gasteiger partial charge is 0.378 e. The molecule has 0 unspecified atom stereocenters. The van der Waals surface area contributed by atoms with Crippen LogP contribution in [0.2, 0.25) is 0 Å². The standard InChI is InChI=1S/C22H24F3N5O/c1-13(15-5-4-6-18(20(15)23)22(3,24)25)27-21-16-11-19(30-7-9-31-10-8-30)26-12-17(16)14(2)28-29-21/h4-6,11-13H,7-10H2,1-3H3,(H,27,29)/t13-/m1/s1. The van der Waals surface area contributed by atoms with Crippen LogP contribution in [0.1, 0.15) is 36.7 Å². The van der Waals surface area contributed by atoms with Crippen molar-refractivity contribution < 1.29 is 17.9 Å². The number of benzene rings is 1. The Morgan fingerprint density at radius 1 is 1.16 bits per heavy atom. The van der Waals surface area contributed by atoms with E-state index in [-0.39, 0.29) is 5.56 Å². The zero-order valence-electron chi connectivity index (χ0n) is 17.6. The highest BCUT2D eigenvalue weighted by molar-refractivity contribution is 5.94. The second-order valence-corrected chi connectivity index (χ2v) is 7.78. The lowest BCUT2D eigenvalue weighted by Gasteiger charge is -2.28. The fourth-order valence-corrected chi connectivity index (χ4v) is 3.74. The van der Waals surface area contributed by atoms with Crippen LogP contribution in [0.4, 0.5) is 24.8 Å². The van der Waals surface area contributed by atoms with Crippen molar-refractivity contribution in [3.63, 3.8) is 0 Å². The summed E-state index contributed by atoms with van der Waals surface area (Å²) in [6.45, 7) is 6.96. The number of alkyl halides is 2. The van der Waals surface area contributed by atoms with Crippen LogP contribution in [0.15, 0.2) is 30.5 Å². The minimum Gasteiger partial charge on any atom is -0.378 e. The molecule has 1 aliphatic rings. The van der Waals surface area contributed by atoms with Gasteiger partial charge < -0.3 is 15.0 Å². The number of aromatic nitrogens is 3. The summed E-state index contributed by atoms with van der Waals surface area (Å²) in [5.41, 5.74) is 0.224. The Bertz CT molecular complexity index is 1100. The summed E-state index contributed by atoms with van der Waals surface area (Å²) in [5.74, 6) is -2.96. The smallest absolute Gasteiger partial charge is 0.273 e. The van der Waals surface area contributed by atoms with Gasteiger partial charge in [0.25, 0.3) is 5.92 Å². The lowest BCUT2D eigenvalue weighted by Crippen LogP contribution is -2.36. The van der Waals surface area contributed by atoms with Crippen LogP contribution in [0.3, 0.4) is 0 Å². The number of pyridine rings is 1. The van der Waals surface area contributed by atoms with E-state index in [1.165, 1.54) is 12.1 Å². The molecule has 4 rings (SSSR count). The summed E-state index contributed by atoms with van der Waals surface area (Å²) in [7, 11) is 0. The maximum absolute atomic E-state index is 14.8. The average Bonchev–Trinajstić information content (AvgIpc) is 2.75. The predicted octanol–water partition coefficient (Wildman–Crippen LogP) is 4.59. The first kappa shape index (κ1) is 21.3. The Morgan fingerprint density at radius 2 is 1.90 bits per heavy atom. The number of hydrogen-bond acceptors (Lipinski definition) is 6. The number of morpholine rings is 1. The van der Waals surface area contributed by atoms with Crippen molar-refractivity contribution in [2.24, 2.45) is 0 Å². The number of nitrogens with zero attached hydrogens (tertiary/aromatic N) is 4. The molecule has 164 valence electrons. The lowest BCUT2D eigenvalue weighted by atomic mass is 10.0. The highest BCUT2D eigenvalue weighted by atomic mass is 19.3. The van der Waals surface area contributed by atoms with Gasteiger partial charge in [-0.3, -0.25) is 0 Å². The Balaban J connectivity index is 1.70. The molecule has 1 atom stereocenters. The SMILES string of the molecule is Cc1nnc(N[C@H](C)c2cccc(C(C)(F)F)c2F)c2cc(N3CCOCC3)ncc12. The van der Waals surface area contributed by atoms with E-state index in [0.29, 0.717) is 31.6 Å². The van der Waals surface area contributed by atoms with Gasteiger partial charge in [0.1, 0.15) is 11.6 Å². The molecule has 1 fully saturated rings. The summed E-state index contributed by atoms with van der Waals surface area (Å²) in [5, 5.41) is 13.2. The highest BCUT2D eigenvalue weighted by Crippen LogP contribution is 2.34. The molecule has 2 aromatic heterocycles. The molecule has 0 bridgehead atoms. The van der Waals surface area contributed by atoms with E-state index >= 15 is 0 Å². The van der Waals surface area contributed by atoms with Gasteiger partial charge in [-0.2, -0.15) is 5.10 Å². The molecule has 9 heteroatoms. The zero-order valence-corrected chi connectivity index (χ0v) is 17.6. The Labute approximate surface area is 178 Å². The third kappa shape index (κ3) is 4.27. The van der Waals surface area contributed by atoms with Crippen LogP contribution in [0.25, 0.3) is 10.8 Å². The first-order valence-corrected chi connectivity index (χ1v) is 10.1. The number of halogens is 3. The van der Waals surface area contributed by atoms with Crippen molar-refractivity contribution >= 4 is 22.4 Å². The van der Waals surface area contributed by atoms with E-state index in [4.69, 9.17) is 4.74 Å². The molecule has 0 saturated carbocycles. The van der Waals surface area contributed by atoms with Crippen molar-refractivity contribution in [3.8, 4) is 0 Å². The van der Waals surface area contributed by atoms with Crippen LogP contribution >= 0.6 is 0 Å². The number of aryl methyl sites for hydroxylation is 1. The predicted molar refractivity (Wildman–Crippen MR) is 113 cm³/mol. The molecule has 3 aromatic rings. The van der Waals surface area contributed by atoms with E-state index in [2.05, 4.69) is 25.4 Å². The molecule has 6 nitrogen and oxygen atoms in total. The van der Waals surface area contributed by atoms with Crippen LogP contribution in [-0.4, -0.2) is 41.5 Å². The number of rotatable bonds is 5. The second-order valence-electron chi connectivity index (χ2n) is 7.78. The van der Waals surface area contributed by atoms with E-state index in [1.54, 1.807) is 13.1 Å². The van der Waals surface area contributed by atoms with Gasteiger partial charge in [-0.25, -0.2) is 18.2 Å². The summed E-state index contributed by atoms with van der Waals surface area (Å²) >= 11 is 0. The van der Waals surface area contributed by atoms with Crippen molar-refractivity contribution in [2.75, 3.05) is 36.5 Å². The van der Waals surface area contributed by atoms with Crippen LogP contribution in [0, 0.1) is 12.7 Å². The molecule has 1 saturated heterocycles. The molecule has 0 amide bonds. The maximum atomic E-state index is 14.8. The number of anilines is 2. The molecular formula is C22H24F3N5O. The molecule has 1 aliphatic heterocycles. The molecule has 3 heterocycles. The molecule has 1 aromatic carbocycles. The van der Waals surface area contributed by atoms with Gasteiger partial charge in [0, 0.05) is 42.5 Å². The van der Waals surface area contributed by atoms with E-state index in [0.717, 1.165) is 35.7 Å². The quantitative estimate of drug-likeness (QED) is 0.637. The van der Waals surface area contributed by atoms with Gasteiger partial charge in [0.15, 0.2) is 5.82 Å². The summed E-state index contributed by atoms with van der Waals surface area (Å²) in [6, 6.07) is 5.34. The Kier molecular flexibility index (Phi) is 5.70. The molecular weight excluding hydrogens is 407 g/mol. The average molecular weight is 431 g/mol. The van der Waals surface area contributed by atoms with Crippen molar-refractivity contribution in [2.45, 2.75) is 32.7 Å². The van der Waals surface area contributed by atoms with Gasteiger partial charge in [0.05, 0.1) is 30.5 Å². The van der Waals surface area contributed by atoms with Gasteiger partial charge in [-0.15, -0.1) is 5.10 Å². The topological polar surface area (TPSA) is 63.2 Å². The second kappa shape index (κ2) is 8.30. The minimum atomic E-state index is -3.27. The van der Waals surface area contributed by atoms with Gasteiger partial charge in [-0.05, 0) is 19.9 Å². The van der Waals surface area contributed by atoms with Gasteiger partial charge >= 0.3 is 0 Å². The van der Waals surface area contributed by atoms with Crippen molar-refractivity contribution in [3.05, 3.63) is 53.1 Å². The summed E-state index contributed by atoms with van der Waals surface area (Å²) in [6.07, 6.45) is 1.75. The van der Waals surface area contributed by atoms with E-state index in [9.17, 15) is 13.2 Å². The normalized spacial score (nSPS) is 15.9. The minimum absolute atomic E-state index is 0.136. The molecule has 0 spiro atoms. The number of fused-ring (bicyclic) bond motifs is 1. The molecule has 1 N–H and O–H groups in total. The van der Waals surface area contributed by atoms with Crippen molar-refractivity contribution in [1.29, 1.82) is 0 Å². The fourth-order valence-electron chi connectivity index (χ4n) is 3.74. The van der Waals surface area contributed by atoms with Crippen LogP contribution < -0.4 is 10.2 Å². The van der Waals surface area contributed by atoms with E-state index in [1.807, 2.05) is 13.0 Å². The number of ether oxygens (including phenoxy) is 1. The molecule has 31 heavy (non-hydrogen) atoms. The fraction of sp³-hybridized carbons (Fsp3) is 0.409. The molecule has 0 radical (unpaired) electrons. The lowest BCUT2D eigenvalue weighted by molar-refractivity contribution is 0.0136. The third-order valence-electron chi connectivity index (χ3n) is 5.49. The first-order chi connectivity index (χ1) is 14.8. The summed E-state index contributed by atoms with van der Waals surface area (Å²) in [4.78, 5) is 6.68. The van der Waals surface area contributed by atoms with Crippen LogP contribution in [0.5, 0.6) is 0 Å². The van der Waals surface area contributed by atoms with Gasteiger partial charge in [-0.1, -0.05) is 18.2 Å². The third-order valence-corrected chi connectivity index (χ3v) is 5.49. The number of nitrogens with one attached hydrogen (secondary N) is 1. The first-order valence-electron chi connectivity index (χ1n) is 10.1. The number of hydrogen-bond donors (Lipinski definition) is 1. The molecule has 0 aliphatic carbocycles. The monoisotopic (exact) mass is 431 g/mol. The summed E-state index contributed by atoms with van der Waals surface area (Å²) < 4.78 is 47.7. The highest BCUT2D eigenvalue weighted by Gasteiger charge is 2.30. The van der Waals surface area contributed by atoms with Crippen LogP contribution in [-0.2, 0) is 10.7 Å². The zero-order chi connectivity index (χ0) is 22.2. The maximum Gasteiger partial charge on any atom is 0.273 e. The Morgan fingerprint density at radius 3 is 2.61 bits per heavy atom. The Hall–Kier alpha value is -2.94.